The fourth-order valence-electron chi connectivity index (χ4n) is 2.33. The zero-order chi connectivity index (χ0) is 14.7. The van der Waals surface area contributed by atoms with Crippen molar-refractivity contribution in [2.45, 2.75) is 26.9 Å². The maximum absolute atomic E-state index is 5.62. The third-order valence-corrected chi connectivity index (χ3v) is 3.42. The average Bonchev–Trinajstić information content (AvgIpc) is 3.07. The normalized spacial score (nSPS) is 11.6. The minimum Gasteiger partial charge on any atom is -0.467 e. The molecule has 0 saturated heterocycles. The van der Waals surface area contributed by atoms with Crippen molar-refractivity contribution in [3.05, 3.63) is 47.9 Å². The van der Waals surface area contributed by atoms with Gasteiger partial charge in [0.2, 0.25) is 0 Å². The second-order valence-electron chi connectivity index (χ2n) is 5.63. The number of furan rings is 1. The summed E-state index contributed by atoms with van der Waals surface area (Å²) in [6, 6.07) is 9.97. The van der Waals surface area contributed by atoms with E-state index in [0.29, 0.717) is 12.5 Å². The van der Waals surface area contributed by atoms with Gasteiger partial charge in [0.25, 0.3) is 0 Å². The van der Waals surface area contributed by atoms with Crippen LogP contribution in [0.3, 0.4) is 0 Å². The highest BCUT2D eigenvalue weighted by Gasteiger charge is 2.10. The van der Waals surface area contributed by atoms with Crippen molar-refractivity contribution in [2.24, 2.45) is 5.92 Å². The van der Waals surface area contributed by atoms with Gasteiger partial charge in [-0.25, -0.2) is 4.68 Å². The molecule has 3 aromatic rings. The number of nitrogens with one attached hydrogen (secondary N) is 1. The van der Waals surface area contributed by atoms with Crippen LogP contribution in [-0.4, -0.2) is 21.5 Å². The summed E-state index contributed by atoms with van der Waals surface area (Å²) < 4.78 is 7.49. The van der Waals surface area contributed by atoms with Crippen molar-refractivity contribution >= 4 is 11.0 Å². The molecule has 5 heteroatoms. The Balaban J connectivity index is 1.75. The molecule has 0 aliphatic rings. The number of hydrogen-bond donors (Lipinski definition) is 1. The van der Waals surface area contributed by atoms with Crippen LogP contribution in [0.15, 0.2) is 41.0 Å². The van der Waals surface area contributed by atoms with Gasteiger partial charge in [0.1, 0.15) is 17.8 Å². The van der Waals surface area contributed by atoms with Gasteiger partial charge in [-0.1, -0.05) is 31.2 Å². The van der Waals surface area contributed by atoms with Crippen molar-refractivity contribution < 1.29 is 4.42 Å². The Bertz CT molecular complexity index is 714. The Morgan fingerprint density at radius 3 is 2.95 bits per heavy atom. The Morgan fingerprint density at radius 1 is 1.24 bits per heavy atom. The second kappa shape index (κ2) is 6.10. The van der Waals surface area contributed by atoms with Crippen molar-refractivity contribution in [3.63, 3.8) is 0 Å². The standard InChI is InChI=1S/C16H20N4O/c1-12(2)9-17-10-13-7-8-21-16(13)11-20-15-6-4-3-5-14(15)18-19-20/h3-8,12,17H,9-11H2,1-2H3. The first kappa shape index (κ1) is 13.8. The molecule has 0 unspecified atom stereocenters. The van der Waals surface area contributed by atoms with Crippen LogP contribution < -0.4 is 5.32 Å². The number of para-hydroxylation sites is 1. The predicted octanol–water partition coefficient (Wildman–Crippen LogP) is 2.82. The summed E-state index contributed by atoms with van der Waals surface area (Å²) in [6.07, 6.45) is 1.74. The molecule has 0 amide bonds. The Hall–Kier alpha value is -2.14. The maximum Gasteiger partial charge on any atom is 0.129 e. The van der Waals surface area contributed by atoms with Crippen LogP contribution in [0.25, 0.3) is 11.0 Å². The first-order chi connectivity index (χ1) is 10.2. The monoisotopic (exact) mass is 284 g/mol. The Labute approximate surface area is 123 Å². The second-order valence-corrected chi connectivity index (χ2v) is 5.63. The number of aromatic nitrogens is 3. The van der Waals surface area contributed by atoms with E-state index in [9.17, 15) is 0 Å². The minimum atomic E-state index is 0.603. The van der Waals surface area contributed by atoms with Gasteiger partial charge in [-0.05, 0) is 30.7 Å². The number of nitrogens with zero attached hydrogens (tertiary/aromatic N) is 3. The zero-order valence-corrected chi connectivity index (χ0v) is 12.4. The zero-order valence-electron chi connectivity index (χ0n) is 12.4. The van der Waals surface area contributed by atoms with E-state index in [1.807, 2.05) is 35.0 Å². The van der Waals surface area contributed by atoms with Crippen molar-refractivity contribution in [2.75, 3.05) is 6.54 Å². The fourth-order valence-corrected chi connectivity index (χ4v) is 2.33. The molecule has 5 nitrogen and oxygen atoms in total. The van der Waals surface area contributed by atoms with Gasteiger partial charge < -0.3 is 9.73 Å². The molecule has 21 heavy (non-hydrogen) atoms. The molecular formula is C16H20N4O. The van der Waals surface area contributed by atoms with Crippen LogP contribution in [0.1, 0.15) is 25.2 Å². The van der Waals surface area contributed by atoms with E-state index in [1.54, 1.807) is 6.26 Å². The fraction of sp³-hybridized carbons (Fsp3) is 0.375. The molecule has 1 aromatic carbocycles. The molecule has 2 aromatic heterocycles. The highest BCUT2D eigenvalue weighted by molar-refractivity contribution is 5.73. The summed E-state index contributed by atoms with van der Waals surface area (Å²) in [5, 5.41) is 11.8. The highest BCUT2D eigenvalue weighted by Crippen LogP contribution is 2.16. The molecular weight excluding hydrogens is 264 g/mol. The quantitative estimate of drug-likeness (QED) is 0.756. The number of fused-ring (bicyclic) bond motifs is 1. The third kappa shape index (κ3) is 3.13. The summed E-state index contributed by atoms with van der Waals surface area (Å²) in [5.74, 6) is 1.57. The number of rotatable bonds is 6. The molecule has 0 aliphatic carbocycles. The van der Waals surface area contributed by atoms with Gasteiger partial charge in [-0.15, -0.1) is 5.10 Å². The maximum atomic E-state index is 5.62. The van der Waals surface area contributed by atoms with Crippen LogP contribution in [0.4, 0.5) is 0 Å². The summed E-state index contributed by atoms with van der Waals surface area (Å²) >= 11 is 0. The molecule has 0 bridgehead atoms. The van der Waals surface area contributed by atoms with E-state index < -0.39 is 0 Å². The summed E-state index contributed by atoms with van der Waals surface area (Å²) in [7, 11) is 0. The minimum absolute atomic E-state index is 0.603. The van der Waals surface area contributed by atoms with Gasteiger partial charge in [0.15, 0.2) is 0 Å². The molecule has 1 N–H and O–H groups in total. The molecule has 0 fully saturated rings. The van der Waals surface area contributed by atoms with E-state index in [2.05, 4.69) is 29.5 Å². The Kier molecular flexibility index (Phi) is 4.01. The van der Waals surface area contributed by atoms with Crippen LogP contribution in [0.2, 0.25) is 0 Å². The van der Waals surface area contributed by atoms with Gasteiger partial charge in [-0.2, -0.15) is 0 Å². The lowest BCUT2D eigenvalue weighted by Crippen LogP contribution is -2.19. The lowest BCUT2D eigenvalue weighted by Gasteiger charge is -2.07. The van der Waals surface area contributed by atoms with E-state index in [1.165, 1.54) is 5.56 Å². The summed E-state index contributed by atoms with van der Waals surface area (Å²) in [6.45, 7) is 6.81. The van der Waals surface area contributed by atoms with E-state index in [-0.39, 0.29) is 0 Å². The van der Waals surface area contributed by atoms with E-state index in [0.717, 1.165) is 29.9 Å². The molecule has 0 radical (unpaired) electrons. The predicted molar refractivity (Wildman–Crippen MR) is 81.9 cm³/mol. The molecule has 0 spiro atoms. The largest absolute Gasteiger partial charge is 0.467 e. The van der Waals surface area contributed by atoms with Gasteiger partial charge in [0, 0.05) is 12.1 Å². The van der Waals surface area contributed by atoms with Crippen molar-refractivity contribution in [3.8, 4) is 0 Å². The highest BCUT2D eigenvalue weighted by atomic mass is 16.3. The molecule has 3 rings (SSSR count). The van der Waals surface area contributed by atoms with Crippen LogP contribution in [-0.2, 0) is 13.1 Å². The van der Waals surface area contributed by atoms with Gasteiger partial charge >= 0.3 is 0 Å². The van der Waals surface area contributed by atoms with Crippen molar-refractivity contribution in [1.29, 1.82) is 0 Å². The number of benzene rings is 1. The van der Waals surface area contributed by atoms with Crippen LogP contribution in [0.5, 0.6) is 0 Å². The van der Waals surface area contributed by atoms with Gasteiger partial charge in [-0.3, -0.25) is 0 Å². The Morgan fingerprint density at radius 2 is 2.10 bits per heavy atom. The third-order valence-electron chi connectivity index (χ3n) is 3.42. The smallest absolute Gasteiger partial charge is 0.129 e. The lowest BCUT2D eigenvalue weighted by atomic mass is 10.2. The van der Waals surface area contributed by atoms with Crippen LogP contribution in [0, 0.1) is 5.92 Å². The molecule has 110 valence electrons. The molecule has 0 atom stereocenters. The molecule has 2 heterocycles. The molecule has 0 aliphatic heterocycles. The molecule has 0 saturated carbocycles. The van der Waals surface area contributed by atoms with E-state index >= 15 is 0 Å². The summed E-state index contributed by atoms with van der Waals surface area (Å²) in [4.78, 5) is 0. The van der Waals surface area contributed by atoms with E-state index in [4.69, 9.17) is 4.42 Å². The summed E-state index contributed by atoms with van der Waals surface area (Å²) in [5.41, 5.74) is 3.11. The SMILES string of the molecule is CC(C)CNCc1ccoc1Cn1nnc2ccccc21. The van der Waals surface area contributed by atoms with Crippen LogP contribution >= 0.6 is 0 Å². The first-order valence-electron chi connectivity index (χ1n) is 7.28. The first-order valence-corrected chi connectivity index (χ1v) is 7.28. The van der Waals surface area contributed by atoms with Crippen molar-refractivity contribution in [1.82, 2.24) is 20.3 Å². The number of hydrogen-bond acceptors (Lipinski definition) is 4. The lowest BCUT2D eigenvalue weighted by molar-refractivity contribution is 0.469. The van der Waals surface area contributed by atoms with Gasteiger partial charge in [0.05, 0.1) is 11.8 Å². The average molecular weight is 284 g/mol. The topological polar surface area (TPSA) is 55.9 Å².